The number of rotatable bonds is 4. The van der Waals surface area contributed by atoms with Crippen molar-refractivity contribution in [2.45, 2.75) is 4.90 Å². The molecular formula is C14H15N3O4S. The van der Waals surface area contributed by atoms with E-state index in [1.54, 1.807) is 30.3 Å². The number of carbonyl (C=O) groups excluding carboxylic acids is 1. The van der Waals surface area contributed by atoms with Crippen molar-refractivity contribution in [3.8, 4) is 5.75 Å². The van der Waals surface area contributed by atoms with Gasteiger partial charge in [0, 0.05) is 0 Å². The van der Waals surface area contributed by atoms with Crippen molar-refractivity contribution in [1.82, 2.24) is 0 Å². The van der Waals surface area contributed by atoms with Crippen molar-refractivity contribution in [2.75, 3.05) is 17.7 Å². The summed E-state index contributed by atoms with van der Waals surface area (Å²) in [6.45, 7) is 0. The predicted molar refractivity (Wildman–Crippen MR) is 83.5 cm³/mol. The van der Waals surface area contributed by atoms with E-state index in [4.69, 9.17) is 9.88 Å². The summed E-state index contributed by atoms with van der Waals surface area (Å²) in [5.41, 5.74) is 0.549. The summed E-state index contributed by atoms with van der Waals surface area (Å²) in [4.78, 5) is 11.9. The predicted octanol–water partition coefficient (Wildman–Crippen LogP) is 1.99. The summed E-state index contributed by atoms with van der Waals surface area (Å²) in [6.07, 6.45) is 0. The number of benzene rings is 2. The highest BCUT2D eigenvalue weighted by atomic mass is 32.2. The number of urea groups is 1. The van der Waals surface area contributed by atoms with Gasteiger partial charge in [0.1, 0.15) is 10.6 Å². The molecule has 2 rings (SSSR count). The summed E-state index contributed by atoms with van der Waals surface area (Å²) in [7, 11) is -2.45. The molecule has 8 heteroatoms. The molecule has 0 fully saturated rings. The Morgan fingerprint density at radius 3 is 2.18 bits per heavy atom. The molecule has 116 valence electrons. The van der Waals surface area contributed by atoms with Crippen LogP contribution in [0.15, 0.2) is 53.4 Å². The van der Waals surface area contributed by atoms with Gasteiger partial charge in [0.05, 0.1) is 18.5 Å². The molecule has 4 N–H and O–H groups in total. The molecular weight excluding hydrogens is 306 g/mol. The number of methoxy groups -OCH3 is 1. The number of anilines is 2. The van der Waals surface area contributed by atoms with Crippen LogP contribution in [-0.4, -0.2) is 21.6 Å². The van der Waals surface area contributed by atoms with Crippen molar-refractivity contribution >= 4 is 27.4 Å². The molecule has 7 nitrogen and oxygen atoms in total. The van der Waals surface area contributed by atoms with Gasteiger partial charge in [-0.15, -0.1) is 0 Å². The molecule has 0 atom stereocenters. The quantitative estimate of drug-likeness (QED) is 0.799. The van der Waals surface area contributed by atoms with E-state index in [-0.39, 0.29) is 10.6 Å². The van der Waals surface area contributed by atoms with E-state index in [9.17, 15) is 13.2 Å². The average molecular weight is 321 g/mol. The Morgan fingerprint density at radius 1 is 1.00 bits per heavy atom. The second-order valence-corrected chi connectivity index (χ2v) is 5.85. The van der Waals surface area contributed by atoms with Crippen molar-refractivity contribution < 1.29 is 17.9 Å². The molecule has 0 saturated heterocycles. The Morgan fingerprint density at radius 2 is 1.55 bits per heavy atom. The van der Waals surface area contributed by atoms with E-state index in [1.807, 2.05) is 0 Å². The van der Waals surface area contributed by atoms with Gasteiger partial charge in [-0.1, -0.05) is 24.3 Å². The van der Waals surface area contributed by atoms with Crippen molar-refractivity contribution in [3.05, 3.63) is 48.5 Å². The van der Waals surface area contributed by atoms with Crippen LogP contribution in [0, 0.1) is 0 Å². The highest BCUT2D eigenvalue weighted by molar-refractivity contribution is 7.89. The van der Waals surface area contributed by atoms with E-state index in [2.05, 4.69) is 10.6 Å². The fourth-order valence-corrected chi connectivity index (χ4v) is 2.54. The molecule has 2 aromatic rings. The van der Waals surface area contributed by atoms with E-state index < -0.39 is 16.1 Å². The molecule has 22 heavy (non-hydrogen) atoms. The molecule has 2 amide bonds. The fourth-order valence-electron chi connectivity index (χ4n) is 1.84. The monoisotopic (exact) mass is 321 g/mol. The first kappa shape index (κ1) is 15.8. The van der Waals surface area contributed by atoms with Crippen LogP contribution < -0.4 is 20.5 Å². The van der Waals surface area contributed by atoms with Gasteiger partial charge in [-0.05, 0) is 24.3 Å². The van der Waals surface area contributed by atoms with E-state index >= 15 is 0 Å². The van der Waals surface area contributed by atoms with Gasteiger partial charge in [0.25, 0.3) is 0 Å². The molecule has 0 radical (unpaired) electrons. The number of nitrogens with two attached hydrogens (primary N) is 1. The lowest BCUT2D eigenvalue weighted by Gasteiger charge is -2.12. The Balaban J connectivity index is 2.20. The number of hydrogen-bond donors (Lipinski definition) is 3. The first-order valence-electron chi connectivity index (χ1n) is 6.24. The third kappa shape index (κ3) is 3.74. The lowest BCUT2D eigenvalue weighted by atomic mass is 10.3. The molecule has 0 spiro atoms. The van der Waals surface area contributed by atoms with Crippen LogP contribution in [0.5, 0.6) is 5.75 Å². The third-order valence-corrected chi connectivity index (χ3v) is 3.77. The maximum absolute atomic E-state index is 12.0. The Labute approximate surface area is 128 Å². The number of para-hydroxylation sites is 3. The van der Waals surface area contributed by atoms with Gasteiger partial charge in [-0.2, -0.15) is 0 Å². The zero-order valence-electron chi connectivity index (χ0n) is 11.7. The number of nitrogens with one attached hydrogen (secondary N) is 2. The van der Waals surface area contributed by atoms with Crippen LogP contribution >= 0.6 is 0 Å². The number of amides is 2. The average Bonchev–Trinajstić information content (AvgIpc) is 2.47. The lowest BCUT2D eigenvalue weighted by molar-refractivity contribution is 0.262. The molecule has 0 aliphatic heterocycles. The lowest BCUT2D eigenvalue weighted by Crippen LogP contribution is -2.22. The first-order chi connectivity index (χ1) is 10.4. The minimum atomic E-state index is -3.93. The SMILES string of the molecule is COc1ccccc1NC(=O)Nc1ccccc1S(N)(=O)=O. The molecule has 0 aromatic heterocycles. The van der Waals surface area contributed by atoms with E-state index in [1.165, 1.54) is 25.3 Å². The highest BCUT2D eigenvalue weighted by Crippen LogP contribution is 2.24. The van der Waals surface area contributed by atoms with Crippen LogP contribution in [0.2, 0.25) is 0 Å². The smallest absolute Gasteiger partial charge is 0.323 e. The van der Waals surface area contributed by atoms with Crippen LogP contribution in [0.3, 0.4) is 0 Å². The van der Waals surface area contributed by atoms with Crippen LogP contribution in [-0.2, 0) is 10.0 Å². The van der Waals surface area contributed by atoms with Gasteiger partial charge in [0.2, 0.25) is 10.0 Å². The maximum Gasteiger partial charge on any atom is 0.323 e. The standard InChI is InChI=1S/C14H15N3O4S/c1-21-12-8-4-2-6-10(12)16-14(18)17-11-7-3-5-9-13(11)22(15,19)20/h2-9H,1H3,(H2,15,19,20)(H2,16,17,18). The molecule has 0 aliphatic rings. The zero-order chi connectivity index (χ0) is 16.2. The molecule has 0 bridgehead atoms. The van der Waals surface area contributed by atoms with Gasteiger partial charge >= 0.3 is 6.03 Å². The minimum absolute atomic E-state index is 0.0948. The topological polar surface area (TPSA) is 111 Å². The van der Waals surface area contributed by atoms with Gasteiger partial charge in [0.15, 0.2) is 0 Å². The fraction of sp³-hybridized carbons (Fsp3) is 0.0714. The summed E-state index contributed by atoms with van der Waals surface area (Å²) < 4.78 is 28.1. The number of primary sulfonamides is 1. The summed E-state index contributed by atoms with van der Waals surface area (Å²) in [6, 6.07) is 12.1. The van der Waals surface area contributed by atoms with Crippen molar-refractivity contribution in [1.29, 1.82) is 0 Å². The molecule has 2 aromatic carbocycles. The van der Waals surface area contributed by atoms with Crippen molar-refractivity contribution in [3.63, 3.8) is 0 Å². The molecule has 0 unspecified atom stereocenters. The zero-order valence-corrected chi connectivity index (χ0v) is 12.6. The van der Waals surface area contributed by atoms with Crippen LogP contribution in [0.1, 0.15) is 0 Å². The van der Waals surface area contributed by atoms with E-state index in [0.717, 1.165) is 0 Å². The number of sulfonamides is 1. The third-order valence-electron chi connectivity index (χ3n) is 2.80. The largest absolute Gasteiger partial charge is 0.495 e. The summed E-state index contributed by atoms with van der Waals surface area (Å²) >= 11 is 0. The molecule has 0 aliphatic carbocycles. The second kappa shape index (κ2) is 6.46. The second-order valence-electron chi connectivity index (χ2n) is 4.32. The van der Waals surface area contributed by atoms with Crippen LogP contribution in [0.25, 0.3) is 0 Å². The normalized spacial score (nSPS) is 10.8. The van der Waals surface area contributed by atoms with Gasteiger partial charge in [-0.25, -0.2) is 18.4 Å². The van der Waals surface area contributed by atoms with Gasteiger partial charge < -0.3 is 15.4 Å². The van der Waals surface area contributed by atoms with Gasteiger partial charge in [-0.3, -0.25) is 0 Å². The minimum Gasteiger partial charge on any atom is -0.495 e. The molecule has 0 heterocycles. The molecule has 0 saturated carbocycles. The number of carbonyl (C=O) groups is 1. The van der Waals surface area contributed by atoms with Crippen molar-refractivity contribution in [2.24, 2.45) is 5.14 Å². The van der Waals surface area contributed by atoms with Crippen LogP contribution in [0.4, 0.5) is 16.2 Å². The number of hydrogen-bond acceptors (Lipinski definition) is 4. The Kier molecular flexibility index (Phi) is 4.64. The summed E-state index contributed by atoms with van der Waals surface area (Å²) in [5, 5.41) is 10.1. The summed E-state index contributed by atoms with van der Waals surface area (Å²) in [5.74, 6) is 0.484. The Bertz CT molecular complexity index is 790. The number of ether oxygens (including phenoxy) is 1. The maximum atomic E-state index is 12.0. The van der Waals surface area contributed by atoms with E-state index in [0.29, 0.717) is 11.4 Å². The highest BCUT2D eigenvalue weighted by Gasteiger charge is 2.15. The Hall–Kier alpha value is -2.58. The first-order valence-corrected chi connectivity index (χ1v) is 7.79.